The maximum atomic E-state index is 5.49. The van der Waals surface area contributed by atoms with Crippen LogP contribution in [0.2, 0.25) is 0 Å². The van der Waals surface area contributed by atoms with Crippen molar-refractivity contribution in [3.05, 3.63) is 11.8 Å². The minimum absolute atomic E-state index is 0.308. The van der Waals surface area contributed by atoms with Gasteiger partial charge in [-0.15, -0.1) is 0 Å². The molecule has 0 saturated carbocycles. The van der Waals surface area contributed by atoms with E-state index in [0.29, 0.717) is 5.95 Å². The van der Waals surface area contributed by atoms with Crippen molar-refractivity contribution < 1.29 is 0 Å². The van der Waals surface area contributed by atoms with E-state index in [4.69, 9.17) is 5.73 Å². The average molecular weight is 195 g/mol. The van der Waals surface area contributed by atoms with Crippen LogP contribution in [0.3, 0.4) is 0 Å². The highest BCUT2D eigenvalue weighted by Crippen LogP contribution is 2.09. The highest BCUT2D eigenvalue weighted by Gasteiger charge is 2.00. The Morgan fingerprint density at radius 1 is 1.50 bits per heavy atom. The topological polar surface area (TPSA) is 67.1 Å². The van der Waals surface area contributed by atoms with Gasteiger partial charge < -0.3 is 16.0 Å². The first-order valence-electron chi connectivity index (χ1n) is 4.57. The largest absolute Gasteiger partial charge is 0.368 e. The van der Waals surface area contributed by atoms with Crippen molar-refractivity contribution in [1.29, 1.82) is 0 Å². The first-order chi connectivity index (χ1) is 6.59. The molecular formula is C9H17N5. The summed E-state index contributed by atoms with van der Waals surface area (Å²) in [4.78, 5) is 10.1. The minimum atomic E-state index is 0.308. The van der Waals surface area contributed by atoms with Gasteiger partial charge in [0.15, 0.2) is 0 Å². The van der Waals surface area contributed by atoms with E-state index in [1.54, 1.807) is 6.20 Å². The molecule has 1 aromatic rings. The van der Waals surface area contributed by atoms with Crippen molar-refractivity contribution in [2.24, 2.45) is 0 Å². The molecule has 0 aliphatic heterocycles. The second-order valence-electron chi connectivity index (χ2n) is 3.49. The van der Waals surface area contributed by atoms with E-state index in [-0.39, 0.29) is 0 Å². The van der Waals surface area contributed by atoms with E-state index in [2.05, 4.69) is 20.2 Å². The Kier molecular flexibility index (Phi) is 3.64. The fraction of sp³-hybridized carbons (Fsp3) is 0.556. The number of likely N-dealkylation sites (N-methyl/N-ethyl adjacent to an activating group) is 1. The van der Waals surface area contributed by atoms with Crippen LogP contribution < -0.4 is 11.1 Å². The summed E-state index contributed by atoms with van der Waals surface area (Å²) in [7, 11) is 4.06. The number of nitrogens with one attached hydrogen (secondary N) is 1. The highest BCUT2D eigenvalue weighted by atomic mass is 15.1. The molecule has 0 fully saturated rings. The van der Waals surface area contributed by atoms with E-state index in [0.717, 1.165) is 24.5 Å². The number of hydrogen-bond acceptors (Lipinski definition) is 5. The predicted molar refractivity (Wildman–Crippen MR) is 58.2 cm³/mol. The summed E-state index contributed by atoms with van der Waals surface area (Å²) < 4.78 is 0. The summed E-state index contributed by atoms with van der Waals surface area (Å²) in [6, 6.07) is 0. The lowest BCUT2D eigenvalue weighted by Crippen LogP contribution is -2.21. The number of nitrogens with zero attached hydrogens (tertiary/aromatic N) is 3. The number of anilines is 2. The van der Waals surface area contributed by atoms with Gasteiger partial charge in [0.2, 0.25) is 5.95 Å². The molecular weight excluding hydrogens is 178 g/mol. The number of aromatic nitrogens is 2. The van der Waals surface area contributed by atoms with Crippen molar-refractivity contribution in [2.75, 3.05) is 38.2 Å². The molecule has 1 aromatic heterocycles. The lowest BCUT2D eigenvalue weighted by molar-refractivity contribution is 0.425. The van der Waals surface area contributed by atoms with Crippen molar-refractivity contribution in [3.63, 3.8) is 0 Å². The Labute approximate surface area is 84.3 Å². The average Bonchev–Trinajstić information content (AvgIpc) is 2.10. The monoisotopic (exact) mass is 195 g/mol. The molecule has 0 bridgehead atoms. The molecule has 0 radical (unpaired) electrons. The Balaban J connectivity index is 2.53. The lowest BCUT2D eigenvalue weighted by atomic mass is 10.3. The molecule has 0 amide bonds. The second-order valence-corrected chi connectivity index (χ2v) is 3.49. The first-order valence-corrected chi connectivity index (χ1v) is 4.57. The van der Waals surface area contributed by atoms with Crippen molar-refractivity contribution in [1.82, 2.24) is 14.9 Å². The molecule has 0 atom stereocenters. The van der Waals surface area contributed by atoms with E-state index in [1.807, 2.05) is 21.0 Å². The van der Waals surface area contributed by atoms with E-state index in [9.17, 15) is 0 Å². The minimum Gasteiger partial charge on any atom is -0.368 e. The molecule has 0 aliphatic carbocycles. The molecule has 5 nitrogen and oxygen atoms in total. The van der Waals surface area contributed by atoms with Gasteiger partial charge in [0.05, 0.1) is 0 Å². The Morgan fingerprint density at radius 3 is 2.86 bits per heavy atom. The number of rotatable bonds is 4. The number of aryl methyl sites for hydroxylation is 1. The summed E-state index contributed by atoms with van der Waals surface area (Å²) >= 11 is 0. The van der Waals surface area contributed by atoms with Crippen LogP contribution in [0.5, 0.6) is 0 Å². The van der Waals surface area contributed by atoms with Gasteiger partial charge in [-0.1, -0.05) is 0 Å². The maximum Gasteiger partial charge on any atom is 0.221 e. The van der Waals surface area contributed by atoms with Gasteiger partial charge in [-0.25, -0.2) is 4.98 Å². The molecule has 1 heterocycles. The predicted octanol–water partition coefficient (Wildman–Crippen LogP) is 0.341. The van der Waals surface area contributed by atoms with Crippen LogP contribution in [-0.2, 0) is 0 Å². The summed E-state index contributed by atoms with van der Waals surface area (Å²) in [5, 5.41) is 3.21. The van der Waals surface area contributed by atoms with Gasteiger partial charge in [0.25, 0.3) is 0 Å². The third-order valence-electron chi connectivity index (χ3n) is 1.84. The van der Waals surface area contributed by atoms with Gasteiger partial charge in [-0.2, -0.15) is 4.98 Å². The zero-order valence-corrected chi connectivity index (χ0v) is 8.91. The third-order valence-corrected chi connectivity index (χ3v) is 1.84. The molecule has 14 heavy (non-hydrogen) atoms. The van der Waals surface area contributed by atoms with Crippen LogP contribution in [0.1, 0.15) is 5.56 Å². The fourth-order valence-corrected chi connectivity index (χ4v) is 1.03. The van der Waals surface area contributed by atoms with Crippen LogP contribution >= 0.6 is 0 Å². The van der Waals surface area contributed by atoms with Crippen molar-refractivity contribution >= 4 is 11.8 Å². The van der Waals surface area contributed by atoms with Crippen LogP contribution in [0, 0.1) is 6.92 Å². The normalized spacial score (nSPS) is 10.6. The molecule has 0 saturated heterocycles. The van der Waals surface area contributed by atoms with Gasteiger partial charge >= 0.3 is 0 Å². The summed E-state index contributed by atoms with van der Waals surface area (Å²) in [5.74, 6) is 1.13. The van der Waals surface area contributed by atoms with Gasteiger partial charge in [-0.3, -0.25) is 0 Å². The lowest BCUT2D eigenvalue weighted by Gasteiger charge is -2.12. The first kappa shape index (κ1) is 10.7. The SMILES string of the molecule is Cc1cnc(N)nc1NCCN(C)C. The van der Waals surface area contributed by atoms with Crippen molar-refractivity contribution in [3.8, 4) is 0 Å². The van der Waals surface area contributed by atoms with Crippen LogP contribution in [0.4, 0.5) is 11.8 Å². The van der Waals surface area contributed by atoms with Crippen LogP contribution in [-0.4, -0.2) is 42.1 Å². The molecule has 78 valence electrons. The third kappa shape index (κ3) is 3.18. The smallest absolute Gasteiger partial charge is 0.221 e. The molecule has 0 aromatic carbocycles. The molecule has 0 aliphatic rings. The molecule has 3 N–H and O–H groups in total. The summed E-state index contributed by atoms with van der Waals surface area (Å²) in [6.45, 7) is 3.77. The Bertz CT molecular complexity index is 297. The number of nitrogen functional groups attached to an aromatic ring is 1. The maximum absolute atomic E-state index is 5.49. The van der Waals surface area contributed by atoms with E-state index < -0.39 is 0 Å². The zero-order chi connectivity index (χ0) is 10.6. The Morgan fingerprint density at radius 2 is 2.21 bits per heavy atom. The fourth-order valence-electron chi connectivity index (χ4n) is 1.03. The summed E-state index contributed by atoms with van der Waals surface area (Å²) in [6.07, 6.45) is 1.72. The Hall–Kier alpha value is -1.36. The second kappa shape index (κ2) is 4.76. The van der Waals surface area contributed by atoms with Crippen LogP contribution in [0.15, 0.2) is 6.20 Å². The van der Waals surface area contributed by atoms with Crippen molar-refractivity contribution in [2.45, 2.75) is 6.92 Å². The van der Waals surface area contributed by atoms with Gasteiger partial charge in [0.1, 0.15) is 5.82 Å². The number of nitrogens with two attached hydrogens (primary N) is 1. The zero-order valence-electron chi connectivity index (χ0n) is 8.91. The molecule has 1 rings (SSSR count). The quantitative estimate of drug-likeness (QED) is 0.725. The molecule has 0 spiro atoms. The molecule has 5 heteroatoms. The van der Waals surface area contributed by atoms with Gasteiger partial charge in [-0.05, 0) is 21.0 Å². The van der Waals surface area contributed by atoms with E-state index >= 15 is 0 Å². The van der Waals surface area contributed by atoms with Gasteiger partial charge in [0, 0.05) is 24.8 Å². The molecule has 0 unspecified atom stereocenters. The number of hydrogen-bond donors (Lipinski definition) is 2. The highest BCUT2D eigenvalue weighted by molar-refractivity contribution is 5.44. The summed E-state index contributed by atoms with van der Waals surface area (Å²) in [5.41, 5.74) is 6.50. The van der Waals surface area contributed by atoms with E-state index in [1.165, 1.54) is 0 Å². The van der Waals surface area contributed by atoms with Crippen LogP contribution in [0.25, 0.3) is 0 Å². The standard InChI is InChI=1S/C9H17N5/c1-7-6-12-9(10)13-8(7)11-4-5-14(2)3/h6H,4-5H2,1-3H3,(H3,10,11,12,13).